The lowest BCUT2D eigenvalue weighted by Crippen LogP contribution is -2.42. The van der Waals surface area contributed by atoms with Gasteiger partial charge in [-0.25, -0.2) is 0 Å². The van der Waals surface area contributed by atoms with Crippen LogP contribution in [0.15, 0.2) is 24.3 Å². The Morgan fingerprint density at radius 1 is 1.29 bits per heavy atom. The summed E-state index contributed by atoms with van der Waals surface area (Å²) in [6.07, 6.45) is -4.52. The Bertz CT molecular complexity index is 449. The number of hydrogen-bond donors (Lipinski definition) is 2. The maximum atomic E-state index is 12.3. The Morgan fingerprint density at radius 3 is 2.38 bits per heavy atom. The number of halogens is 3. The minimum atomic E-state index is -4.52. The molecule has 0 aliphatic rings. The van der Waals surface area contributed by atoms with Gasteiger partial charge in [0.15, 0.2) is 6.61 Å². The molecule has 1 rings (SSSR count). The van der Waals surface area contributed by atoms with Crippen LogP contribution in [-0.2, 0) is 11.3 Å². The van der Waals surface area contributed by atoms with Gasteiger partial charge in [0.05, 0.1) is 6.61 Å². The van der Waals surface area contributed by atoms with Gasteiger partial charge < -0.3 is 20.5 Å². The Kier molecular flexibility index (Phi) is 6.44. The zero-order chi connectivity index (χ0) is 15.9. The third kappa shape index (κ3) is 6.46. The van der Waals surface area contributed by atoms with Crippen LogP contribution in [0.3, 0.4) is 0 Å². The van der Waals surface area contributed by atoms with Crippen LogP contribution < -0.4 is 10.5 Å². The molecule has 0 saturated carbocycles. The molecule has 1 aromatic rings. The molecule has 0 heterocycles. The Hall–Kier alpha value is -1.80. The first-order valence-electron chi connectivity index (χ1n) is 6.23. The van der Waals surface area contributed by atoms with E-state index in [1.165, 1.54) is 0 Å². The Balaban J connectivity index is 2.55. The number of nitrogens with two attached hydrogens (primary N) is 1. The van der Waals surface area contributed by atoms with Crippen LogP contribution in [0.2, 0.25) is 0 Å². The number of nitrogens with zero attached hydrogens (tertiary/aromatic N) is 1. The lowest BCUT2D eigenvalue weighted by molar-refractivity contribution is -0.163. The van der Waals surface area contributed by atoms with Crippen molar-refractivity contribution in [2.75, 3.05) is 26.3 Å². The fourth-order valence-corrected chi connectivity index (χ4v) is 1.59. The van der Waals surface area contributed by atoms with Gasteiger partial charge in [0, 0.05) is 13.1 Å². The molecule has 0 aromatic heterocycles. The van der Waals surface area contributed by atoms with Gasteiger partial charge in [0.1, 0.15) is 12.3 Å². The fourth-order valence-electron chi connectivity index (χ4n) is 1.59. The second kappa shape index (κ2) is 7.84. The summed E-state index contributed by atoms with van der Waals surface area (Å²) in [6, 6.07) is 6.55. The predicted octanol–water partition coefficient (Wildman–Crippen LogP) is 0.907. The van der Waals surface area contributed by atoms with Crippen LogP contribution in [0.4, 0.5) is 13.2 Å². The van der Waals surface area contributed by atoms with Crippen LogP contribution in [0.1, 0.15) is 5.56 Å². The quantitative estimate of drug-likeness (QED) is 0.785. The normalized spacial score (nSPS) is 11.3. The highest BCUT2D eigenvalue weighted by atomic mass is 19.4. The van der Waals surface area contributed by atoms with E-state index < -0.39 is 38.4 Å². The number of amides is 1. The zero-order valence-electron chi connectivity index (χ0n) is 11.3. The van der Waals surface area contributed by atoms with Crippen LogP contribution in [0.25, 0.3) is 0 Å². The molecule has 0 unspecified atom stereocenters. The van der Waals surface area contributed by atoms with Crippen molar-refractivity contribution in [1.82, 2.24) is 4.90 Å². The average Bonchev–Trinajstić information content (AvgIpc) is 2.43. The van der Waals surface area contributed by atoms with Crippen molar-refractivity contribution < 1.29 is 27.8 Å². The van der Waals surface area contributed by atoms with E-state index in [0.29, 0.717) is 17.2 Å². The number of carbonyl (C=O) groups is 1. The summed E-state index contributed by atoms with van der Waals surface area (Å²) >= 11 is 0. The lowest BCUT2D eigenvalue weighted by Gasteiger charge is -2.23. The summed E-state index contributed by atoms with van der Waals surface area (Å²) in [5.41, 5.74) is 6.29. The number of benzene rings is 1. The summed E-state index contributed by atoms with van der Waals surface area (Å²) in [5, 5.41) is 8.71. The summed E-state index contributed by atoms with van der Waals surface area (Å²) in [4.78, 5) is 12.2. The highest BCUT2D eigenvalue weighted by molar-refractivity contribution is 5.77. The molecule has 5 nitrogen and oxygen atoms in total. The van der Waals surface area contributed by atoms with Crippen LogP contribution >= 0.6 is 0 Å². The molecule has 0 aliphatic carbocycles. The molecule has 118 valence electrons. The summed E-state index contributed by atoms with van der Waals surface area (Å²) in [7, 11) is 0. The topological polar surface area (TPSA) is 75.8 Å². The van der Waals surface area contributed by atoms with Crippen molar-refractivity contribution in [3.05, 3.63) is 29.8 Å². The first-order valence-corrected chi connectivity index (χ1v) is 6.23. The SMILES string of the molecule is NCc1ccc(OCC(=O)N(CCO)CC(F)(F)F)cc1. The minimum absolute atomic E-state index is 0.356. The van der Waals surface area contributed by atoms with Gasteiger partial charge in [-0.15, -0.1) is 0 Å². The molecule has 0 spiro atoms. The monoisotopic (exact) mass is 306 g/mol. The molecule has 0 atom stereocenters. The highest BCUT2D eigenvalue weighted by Gasteiger charge is 2.32. The van der Waals surface area contributed by atoms with Gasteiger partial charge in [0.25, 0.3) is 5.91 Å². The molecule has 8 heteroatoms. The van der Waals surface area contributed by atoms with Crippen molar-refractivity contribution in [1.29, 1.82) is 0 Å². The molecule has 1 amide bonds. The standard InChI is InChI=1S/C13H17F3N2O3/c14-13(15,16)9-18(5-6-19)12(20)8-21-11-3-1-10(7-17)2-4-11/h1-4,19H,5-9,17H2. The molecular formula is C13H17F3N2O3. The van der Waals surface area contributed by atoms with Gasteiger partial charge in [-0.05, 0) is 17.7 Å². The van der Waals surface area contributed by atoms with Gasteiger partial charge in [0.2, 0.25) is 0 Å². The summed E-state index contributed by atoms with van der Waals surface area (Å²) in [5.74, 6) is -0.485. The molecule has 0 fully saturated rings. The Labute approximate surface area is 120 Å². The molecule has 1 aromatic carbocycles. The van der Waals surface area contributed by atoms with Crippen LogP contribution in [-0.4, -0.2) is 48.4 Å². The second-order valence-corrected chi connectivity index (χ2v) is 4.29. The third-order valence-electron chi connectivity index (χ3n) is 2.61. The number of rotatable bonds is 7. The lowest BCUT2D eigenvalue weighted by atomic mass is 10.2. The van der Waals surface area contributed by atoms with Crippen molar-refractivity contribution in [2.24, 2.45) is 5.73 Å². The first-order chi connectivity index (χ1) is 9.85. The van der Waals surface area contributed by atoms with Crippen LogP contribution in [0, 0.1) is 0 Å². The van der Waals surface area contributed by atoms with E-state index in [-0.39, 0.29) is 0 Å². The highest BCUT2D eigenvalue weighted by Crippen LogP contribution is 2.17. The van der Waals surface area contributed by atoms with Crippen molar-refractivity contribution in [3.8, 4) is 5.75 Å². The van der Waals surface area contributed by atoms with Gasteiger partial charge in [-0.1, -0.05) is 12.1 Å². The van der Waals surface area contributed by atoms with E-state index in [1.807, 2.05) is 0 Å². The molecule has 3 N–H and O–H groups in total. The fraction of sp³-hybridized carbons (Fsp3) is 0.462. The maximum Gasteiger partial charge on any atom is 0.406 e. The summed E-state index contributed by atoms with van der Waals surface area (Å²) < 4.78 is 42.1. The number of alkyl halides is 3. The maximum absolute atomic E-state index is 12.3. The van der Waals surface area contributed by atoms with E-state index in [1.54, 1.807) is 24.3 Å². The minimum Gasteiger partial charge on any atom is -0.484 e. The van der Waals surface area contributed by atoms with Crippen molar-refractivity contribution in [2.45, 2.75) is 12.7 Å². The van der Waals surface area contributed by atoms with Crippen molar-refractivity contribution in [3.63, 3.8) is 0 Å². The number of ether oxygens (including phenoxy) is 1. The number of aliphatic hydroxyl groups excluding tert-OH is 1. The first kappa shape index (κ1) is 17.3. The second-order valence-electron chi connectivity index (χ2n) is 4.29. The van der Waals surface area contributed by atoms with E-state index in [9.17, 15) is 18.0 Å². The van der Waals surface area contributed by atoms with E-state index >= 15 is 0 Å². The van der Waals surface area contributed by atoms with E-state index in [2.05, 4.69) is 0 Å². The zero-order valence-corrected chi connectivity index (χ0v) is 11.3. The molecule has 21 heavy (non-hydrogen) atoms. The smallest absolute Gasteiger partial charge is 0.406 e. The third-order valence-corrected chi connectivity index (χ3v) is 2.61. The average molecular weight is 306 g/mol. The molecule has 0 saturated heterocycles. The van der Waals surface area contributed by atoms with Gasteiger partial charge in [-0.3, -0.25) is 4.79 Å². The van der Waals surface area contributed by atoms with E-state index in [4.69, 9.17) is 15.6 Å². The Morgan fingerprint density at radius 2 is 1.90 bits per heavy atom. The molecule has 0 radical (unpaired) electrons. The van der Waals surface area contributed by atoms with Crippen LogP contribution in [0.5, 0.6) is 5.75 Å². The van der Waals surface area contributed by atoms with Crippen molar-refractivity contribution >= 4 is 5.91 Å². The predicted molar refractivity (Wildman–Crippen MR) is 69.5 cm³/mol. The van der Waals surface area contributed by atoms with Gasteiger partial charge in [-0.2, -0.15) is 13.2 Å². The summed E-state index contributed by atoms with van der Waals surface area (Å²) in [6.45, 7) is -2.53. The molecule has 0 aliphatic heterocycles. The molecular weight excluding hydrogens is 289 g/mol. The molecule has 0 bridgehead atoms. The number of aliphatic hydroxyl groups is 1. The van der Waals surface area contributed by atoms with E-state index in [0.717, 1.165) is 5.56 Å². The number of carbonyl (C=O) groups excluding carboxylic acids is 1. The largest absolute Gasteiger partial charge is 0.484 e. The number of hydrogen-bond acceptors (Lipinski definition) is 4. The van der Waals surface area contributed by atoms with Gasteiger partial charge >= 0.3 is 6.18 Å².